The summed E-state index contributed by atoms with van der Waals surface area (Å²) in [5.74, 6) is -0.342. The Bertz CT molecular complexity index is 902. The van der Waals surface area contributed by atoms with Gasteiger partial charge in [-0.15, -0.1) is 11.3 Å². The Morgan fingerprint density at radius 3 is 2.32 bits per heavy atom. The average molecular weight is 432 g/mol. The summed E-state index contributed by atoms with van der Waals surface area (Å²) in [6.07, 6.45) is 0.458. The highest BCUT2D eigenvalue weighted by molar-refractivity contribution is 7.09. The molecule has 25 heavy (non-hydrogen) atoms. The van der Waals surface area contributed by atoms with Crippen molar-refractivity contribution < 1.29 is 4.79 Å². The summed E-state index contributed by atoms with van der Waals surface area (Å²) in [7, 11) is 0. The lowest BCUT2D eigenvalue weighted by Crippen LogP contribution is -2.12. The van der Waals surface area contributed by atoms with E-state index < -0.39 is 0 Å². The van der Waals surface area contributed by atoms with Gasteiger partial charge in [0.05, 0.1) is 5.01 Å². The number of nitrogens with zero attached hydrogens (tertiary/aromatic N) is 1. The maximum Gasteiger partial charge on any atom is 0.275 e. The molecule has 0 fully saturated rings. The van der Waals surface area contributed by atoms with E-state index in [1.807, 2.05) is 0 Å². The van der Waals surface area contributed by atoms with Crippen LogP contribution in [0.5, 0.6) is 0 Å². The number of carbonyl (C=O) groups excluding carboxylic acids is 1. The molecule has 3 nitrogen and oxygen atoms in total. The summed E-state index contributed by atoms with van der Waals surface area (Å²) in [4.78, 5) is 16.7. The largest absolute Gasteiger partial charge is 0.321 e. The molecule has 0 saturated carbocycles. The van der Waals surface area contributed by atoms with E-state index >= 15 is 0 Å². The smallest absolute Gasteiger partial charge is 0.275 e. The molecule has 0 aliphatic carbocycles. The van der Waals surface area contributed by atoms with Crippen LogP contribution in [0.15, 0.2) is 41.8 Å². The second-order valence-electron chi connectivity index (χ2n) is 5.12. The summed E-state index contributed by atoms with van der Waals surface area (Å²) in [5, 5.41) is 7.17. The van der Waals surface area contributed by atoms with Gasteiger partial charge in [-0.2, -0.15) is 0 Å². The second kappa shape index (κ2) is 7.94. The van der Waals surface area contributed by atoms with Gasteiger partial charge in [-0.25, -0.2) is 4.98 Å². The molecule has 0 aliphatic rings. The zero-order valence-electron chi connectivity index (χ0n) is 12.5. The minimum absolute atomic E-state index is 0.305. The molecule has 1 N–H and O–H groups in total. The van der Waals surface area contributed by atoms with Gasteiger partial charge in [0.15, 0.2) is 0 Å². The van der Waals surface area contributed by atoms with Crippen LogP contribution in [-0.2, 0) is 6.42 Å². The molecule has 128 valence electrons. The highest BCUT2D eigenvalue weighted by Gasteiger charge is 2.14. The van der Waals surface area contributed by atoms with Gasteiger partial charge in [-0.05, 0) is 35.9 Å². The second-order valence-corrected chi connectivity index (χ2v) is 7.75. The number of carbonyl (C=O) groups is 1. The van der Waals surface area contributed by atoms with Gasteiger partial charge in [0.1, 0.15) is 5.69 Å². The lowest BCUT2D eigenvalue weighted by molar-refractivity contribution is 0.102. The van der Waals surface area contributed by atoms with Gasteiger partial charge in [0.25, 0.3) is 5.91 Å². The first-order valence-electron chi connectivity index (χ1n) is 7.07. The van der Waals surface area contributed by atoms with Crippen LogP contribution in [0.1, 0.15) is 21.1 Å². The van der Waals surface area contributed by atoms with Crippen LogP contribution in [0.3, 0.4) is 0 Å². The number of benzene rings is 2. The van der Waals surface area contributed by atoms with Gasteiger partial charge in [0.2, 0.25) is 0 Å². The zero-order valence-corrected chi connectivity index (χ0v) is 16.4. The molecule has 3 rings (SSSR count). The summed E-state index contributed by atoms with van der Waals surface area (Å²) in [5.41, 5.74) is 1.60. The van der Waals surface area contributed by atoms with E-state index in [2.05, 4.69) is 10.3 Å². The fourth-order valence-electron chi connectivity index (χ4n) is 2.17. The highest BCUT2D eigenvalue weighted by Crippen LogP contribution is 2.28. The number of halogens is 4. The molecule has 1 heterocycles. The van der Waals surface area contributed by atoms with Crippen molar-refractivity contribution in [2.75, 3.05) is 5.32 Å². The third-order valence-corrected chi connectivity index (χ3v) is 5.29. The Morgan fingerprint density at radius 1 is 1.04 bits per heavy atom. The summed E-state index contributed by atoms with van der Waals surface area (Å²) < 4.78 is 0. The Morgan fingerprint density at radius 2 is 1.68 bits per heavy atom. The van der Waals surface area contributed by atoms with Crippen LogP contribution in [0.25, 0.3) is 0 Å². The van der Waals surface area contributed by atoms with Crippen LogP contribution in [0.4, 0.5) is 5.69 Å². The minimum Gasteiger partial charge on any atom is -0.321 e. The lowest BCUT2D eigenvalue weighted by atomic mass is 10.1. The van der Waals surface area contributed by atoms with Crippen molar-refractivity contribution in [1.29, 1.82) is 0 Å². The van der Waals surface area contributed by atoms with Gasteiger partial charge >= 0.3 is 0 Å². The van der Waals surface area contributed by atoms with E-state index in [1.165, 1.54) is 11.3 Å². The van der Waals surface area contributed by atoms with Crippen molar-refractivity contribution in [2.45, 2.75) is 6.42 Å². The standard InChI is InChI=1S/C17H10Cl4N2OS/c18-9-4-10(19)6-11(5-9)22-17(24)15-8-25-16(23-15)7-12-13(20)2-1-3-14(12)21/h1-6,8H,7H2,(H,22,24). The molecule has 1 aromatic heterocycles. The van der Waals surface area contributed by atoms with E-state index in [1.54, 1.807) is 41.8 Å². The molecule has 0 aliphatic heterocycles. The molecule has 0 bridgehead atoms. The first kappa shape index (κ1) is 18.5. The fourth-order valence-corrected chi connectivity index (χ4v) is 4.01. The van der Waals surface area contributed by atoms with Crippen LogP contribution in [-0.4, -0.2) is 10.9 Å². The molecule has 8 heteroatoms. The topological polar surface area (TPSA) is 42.0 Å². The highest BCUT2D eigenvalue weighted by atomic mass is 35.5. The molecule has 0 spiro atoms. The van der Waals surface area contributed by atoms with Crippen LogP contribution in [0, 0.1) is 0 Å². The third kappa shape index (κ3) is 4.66. The molecular formula is C17H10Cl4N2OS. The molecule has 3 aromatic rings. The Kier molecular flexibility index (Phi) is 5.87. The predicted molar refractivity (Wildman–Crippen MR) is 106 cm³/mol. The number of amides is 1. The van der Waals surface area contributed by atoms with Crippen molar-refractivity contribution in [3.8, 4) is 0 Å². The third-order valence-electron chi connectivity index (χ3n) is 3.29. The number of aromatic nitrogens is 1. The van der Waals surface area contributed by atoms with E-state index in [0.29, 0.717) is 37.9 Å². The van der Waals surface area contributed by atoms with E-state index in [9.17, 15) is 4.79 Å². The SMILES string of the molecule is O=C(Nc1cc(Cl)cc(Cl)c1)c1csc(Cc2c(Cl)cccc2Cl)n1. The quantitative estimate of drug-likeness (QED) is 0.505. The van der Waals surface area contributed by atoms with E-state index in [-0.39, 0.29) is 5.91 Å². The molecule has 0 unspecified atom stereocenters. The summed E-state index contributed by atoms with van der Waals surface area (Å²) in [6.45, 7) is 0. The van der Waals surface area contributed by atoms with Gasteiger partial charge < -0.3 is 5.32 Å². The van der Waals surface area contributed by atoms with Gasteiger partial charge in [-0.3, -0.25) is 4.79 Å². The molecule has 2 aromatic carbocycles. The molecule has 1 amide bonds. The van der Waals surface area contributed by atoms with Crippen molar-refractivity contribution in [3.05, 3.63) is 78.1 Å². The fraction of sp³-hybridized carbons (Fsp3) is 0.0588. The molecule has 0 atom stereocenters. The number of thiazole rings is 1. The Balaban J connectivity index is 1.75. The van der Waals surface area contributed by atoms with E-state index in [4.69, 9.17) is 46.4 Å². The number of anilines is 1. The maximum absolute atomic E-state index is 12.3. The molecular weight excluding hydrogens is 422 g/mol. The van der Waals surface area contributed by atoms with E-state index in [0.717, 1.165) is 10.6 Å². The number of nitrogens with one attached hydrogen (secondary N) is 1. The van der Waals surface area contributed by atoms with Crippen molar-refractivity contribution >= 4 is 69.3 Å². The number of rotatable bonds is 4. The monoisotopic (exact) mass is 430 g/mol. The first-order valence-corrected chi connectivity index (χ1v) is 9.46. The van der Waals surface area contributed by atoms with Gasteiger partial charge in [-0.1, -0.05) is 52.5 Å². The summed E-state index contributed by atoms with van der Waals surface area (Å²) >= 11 is 25.6. The maximum atomic E-state index is 12.3. The number of hydrogen-bond donors (Lipinski definition) is 1. The van der Waals surface area contributed by atoms with Crippen LogP contribution < -0.4 is 5.32 Å². The average Bonchev–Trinajstić information content (AvgIpc) is 2.99. The molecule has 0 saturated heterocycles. The first-order chi connectivity index (χ1) is 11.9. The Hall–Kier alpha value is -1.30. The minimum atomic E-state index is -0.342. The van der Waals surface area contributed by atoms with Crippen molar-refractivity contribution in [1.82, 2.24) is 4.98 Å². The normalized spacial score (nSPS) is 10.7. The van der Waals surface area contributed by atoms with Crippen LogP contribution in [0.2, 0.25) is 20.1 Å². The zero-order chi connectivity index (χ0) is 18.0. The van der Waals surface area contributed by atoms with Crippen molar-refractivity contribution in [3.63, 3.8) is 0 Å². The molecule has 0 radical (unpaired) electrons. The van der Waals surface area contributed by atoms with Crippen LogP contribution >= 0.6 is 57.7 Å². The Labute approximate surface area is 168 Å². The summed E-state index contributed by atoms with van der Waals surface area (Å²) in [6, 6.07) is 10.1. The lowest BCUT2D eigenvalue weighted by Gasteiger charge is -2.05. The van der Waals surface area contributed by atoms with Gasteiger partial charge in [0, 0.05) is 37.6 Å². The number of hydrogen-bond acceptors (Lipinski definition) is 3. The van der Waals surface area contributed by atoms with Crippen molar-refractivity contribution in [2.24, 2.45) is 0 Å². The predicted octanol–water partition coefficient (Wildman–Crippen LogP) is 6.60.